The third-order valence-electron chi connectivity index (χ3n) is 9.48. The molecule has 0 radical (unpaired) electrons. The topological polar surface area (TPSA) is 13.1 Å². The van der Waals surface area contributed by atoms with Crippen molar-refractivity contribution in [3.63, 3.8) is 0 Å². The van der Waals surface area contributed by atoms with E-state index in [2.05, 4.69) is 190 Å². The Morgan fingerprint density at radius 2 is 0.979 bits per heavy atom. The summed E-state index contributed by atoms with van der Waals surface area (Å²) >= 11 is 1.86. The number of hydrogen-bond donors (Lipinski definition) is 0. The summed E-state index contributed by atoms with van der Waals surface area (Å²) in [6, 6.07) is 63.5. The molecule has 0 saturated carbocycles. The van der Waals surface area contributed by atoms with Crippen LogP contribution in [0.15, 0.2) is 176 Å². The Morgan fingerprint density at radius 3 is 1.73 bits per heavy atom. The van der Waals surface area contributed by atoms with E-state index >= 15 is 0 Å². The number of fused-ring (bicyclic) bond motifs is 8. The van der Waals surface area contributed by atoms with Gasteiger partial charge in [-0.25, -0.2) is 0 Å². The maximum atomic E-state index is 2.51. The molecule has 3 aromatic heterocycles. The second-order valence-electron chi connectivity index (χ2n) is 12.1. The first-order valence-electron chi connectivity index (χ1n) is 16.3. The fourth-order valence-electron chi connectivity index (χ4n) is 7.56. The SMILES string of the molecule is c1ccc(N(c2ccccc2)c2cccc3c2c2c4ccccc4n(-c4cccc5sc6ccccc6c45)c2n3-c2ccccc2)cc1. The zero-order valence-corrected chi connectivity index (χ0v) is 26.8. The first-order valence-corrected chi connectivity index (χ1v) is 17.1. The minimum Gasteiger partial charge on any atom is -0.310 e. The van der Waals surface area contributed by atoms with Gasteiger partial charge in [-0.3, -0.25) is 9.13 Å². The highest BCUT2D eigenvalue weighted by Gasteiger charge is 2.27. The van der Waals surface area contributed by atoms with Crippen LogP contribution in [0.3, 0.4) is 0 Å². The highest BCUT2D eigenvalue weighted by atomic mass is 32.1. The highest BCUT2D eigenvalue weighted by Crippen LogP contribution is 2.48. The van der Waals surface area contributed by atoms with Gasteiger partial charge in [0.05, 0.1) is 22.4 Å². The molecule has 0 aliphatic rings. The van der Waals surface area contributed by atoms with Gasteiger partial charge in [0.1, 0.15) is 5.65 Å². The van der Waals surface area contributed by atoms with Crippen LogP contribution in [0.4, 0.5) is 17.1 Å². The van der Waals surface area contributed by atoms with Crippen LogP contribution in [0, 0.1) is 0 Å². The Bertz CT molecular complexity index is 2730. The number of aromatic nitrogens is 2. The van der Waals surface area contributed by atoms with Gasteiger partial charge in [0, 0.05) is 53.4 Å². The van der Waals surface area contributed by atoms with Crippen LogP contribution in [0.5, 0.6) is 0 Å². The lowest BCUT2D eigenvalue weighted by atomic mass is 10.1. The number of anilines is 3. The maximum Gasteiger partial charge on any atom is 0.131 e. The van der Waals surface area contributed by atoms with Gasteiger partial charge in [0.2, 0.25) is 0 Å². The van der Waals surface area contributed by atoms with Crippen molar-refractivity contribution in [2.45, 2.75) is 0 Å². The number of thiophene rings is 1. The van der Waals surface area contributed by atoms with Gasteiger partial charge in [-0.1, -0.05) is 103 Å². The van der Waals surface area contributed by atoms with Crippen LogP contribution in [0.1, 0.15) is 0 Å². The lowest BCUT2D eigenvalue weighted by Gasteiger charge is -2.26. The molecule has 10 rings (SSSR count). The predicted octanol–water partition coefficient (Wildman–Crippen LogP) is 12.6. The van der Waals surface area contributed by atoms with Crippen molar-refractivity contribution in [1.29, 1.82) is 0 Å². The third-order valence-corrected chi connectivity index (χ3v) is 10.6. The van der Waals surface area contributed by atoms with Gasteiger partial charge < -0.3 is 4.90 Å². The van der Waals surface area contributed by atoms with Crippen molar-refractivity contribution in [2.24, 2.45) is 0 Å². The Labute approximate surface area is 281 Å². The Balaban J connectivity index is 1.43. The molecule has 0 amide bonds. The fraction of sp³-hybridized carbons (Fsp3) is 0. The van der Waals surface area contributed by atoms with Crippen LogP contribution >= 0.6 is 11.3 Å². The summed E-state index contributed by atoms with van der Waals surface area (Å²) < 4.78 is 7.58. The molecule has 4 heteroatoms. The Kier molecular flexibility index (Phi) is 6.05. The molecule has 0 saturated heterocycles. The van der Waals surface area contributed by atoms with E-state index in [9.17, 15) is 0 Å². The van der Waals surface area contributed by atoms with Gasteiger partial charge in [-0.05, 0) is 72.8 Å². The highest BCUT2D eigenvalue weighted by molar-refractivity contribution is 7.25. The van der Waals surface area contributed by atoms with Crippen molar-refractivity contribution in [1.82, 2.24) is 9.13 Å². The monoisotopic (exact) mass is 631 g/mol. The summed E-state index contributed by atoms with van der Waals surface area (Å²) in [7, 11) is 0. The van der Waals surface area contributed by atoms with Crippen LogP contribution in [0.2, 0.25) is 0 Å². The third kappa shape index (κ3) is 3.93. The zero-order valence-electron chi connectivity index (χ0n) is 26.0. The summed E-state index contributed by atoms with van der Waals surface area (Å²) in [5.41, 5.74) is 9.23. The quantitative estimate of drug-likeness (QED) is 0.184. The van der Waals surface area contributed by atoms with Crippen molar-refractivity contribution >= 4 is 81.4 Å². The van der Waals surface area contributed by atoms with Crippen LogP contribution < -0.4 is 4.90 Å². The second-order valence-corrected chi connectivity index (χ2v) is 13.2. The second kappa shape index (κ2) is 10.7. The van der Waals surface area contributed by atoms with Gasteiger partial charge in [0.25, 0.3) is 0 Å². The van der Waals surface area contributed by atoms with Crippen molar-refractivity contribution in [3.8, 4) is 11.4 Å². The van der Waals surface area contributed by atoms with Crippen molar-refractivity contribution in [3.05, 3.63) is 176 Å². The first kappa shape index (κ1) is 27.1. The zero-order chi connectivity index (χ0) is 31.6. The van der Waals surface area contributed by atoms with E-state index in [0.717, 1.165) is 28.4 Å². The van der Waals surface area contributed by atoms with Crippen molar-refractivity contribution < 1.29 is 0 Å². The Morgan fingerprint density at radius 1 is 0.396 bits per heavy atom. The van der Waals surface area contributed by atoms with Crippen LogP contribution in [0.25, 0.3) is 64.4 Å². The van der Waals surface area contributed by atoms with E-state index in [1.165, 1.54) is 53.1 Å². The molecular formula is C44H29N3S. The molecule has 0 spiro atoms. The molecule has 0 aliphatic carbocycles. The van der Waals surface area contributed by atoms with Crippen molar-refractivity contribution in [2.75, 3.05) is 4.90 Å². The molecular weight excluding hydrogens is 603 g/mol. The molecule has 3 nitrogen and oxygen atoms in total. The molecule has 0 bridgehead atoms. The summed E-state index contributed by atoms with van der Waals surface area (Å²) in [5, 5.41) is 6.29. The maximum absolute atomic E-state index is 2.51. The van der Waals surface area contributed by atoms with Gasteiger partial charge >= 0.3 is 0 Å². The molecule has 0 atom stereocenters. The molecule has 226 valence electrons. The lowest BCUT2D eigenvalue weighted by Crippen LogP contribution is -2.10. The van der Waals surface area contributed by atoms with E-state index < -0.39 is 0 Å². The molecule has 10 aromatic rings. The smallest absolute Gasteiger partial charge is 0.131 e. The van der Waals surface area contributed by atoms with Gasteiger partial charge in [-0.2, -0.15) is 0 Å². The summed E-state index contributed by atoms with van der Waals surface area (Å²) in [6.07, 6.45) is 0. The van der Waals surface area contributed by atoms with E-state index in [1.807, 2.05) is 11.3 Å². The van der Waals surface area contributed by atoms with Crippen LogP contribution in [-0.4, -0.2) is 9.13 Å². The van der Waals surface area contributed by atoms with Gasteiger partial charge in [0.15, 0.2) is 0 Å². The van der Waals surface area contributed by atoms with E-state index in [-0.39, 0.29) is 0 Å². The lowest BCUT2D eigenvalue weighted by molar-refractivity contribution is 1.07. The number of rotatable bonds is 5. The first-order chi connectivity index (χ1) is 23.9. The number of hydrogen-bond acceptors (Lipinski definition) is 2. The van der Waals surface area contributed by atoms with Crippen LogP contribution in [-0.2, 0) is 0 Å². The number of para-hydroxylation sites is 4. The number of nitrogens with zero attached hydrogens (tertiary/aromatic N) is 3. The van der Waals surface area contributed by atoms with E-state index in [0.29, 0.717) is 0 Å². The molecule has 0 N–H and O–H groups in total. The minimum absolute atomic E-state index is 1.12. The minimum atomic E-state index is 1.12. The Hall–Kier alpha value is -6.10. The molecule has 0 aliphatic heterocycles. The normalized spacial score (nSPS) is 11.8. The summed E-state index contributed by atoms with van der Waals surface area (Å²) in [5.74, 6) is 0. The van der Waals surface area contributed by atoms with E-state index in [4.69, 9.17) is 0 Å². The largest absolute Gasteiger partial charge is 0.310 e. The molecule has 0 unspecified atom stereocenters. The molecule has 48 heavy (non-hydrogen) atoms. The average molecular weight is 632 g/mol. The molecule has 3 heterocycles. The standard InChI is InChI=1S/C44H29N3S/c1-4-16-30(17-5-1)45(31-18-6-2-7-19-31)37-25-14-26-38-43(37)42-33-22-10-12-24-35(33)47(44(42)46(38)32-20-8-3-9-21-32)36-27-15-29-40-41(36)34-23-11-13-28-39(34)48-40/h1-29H. The van der Waals surface area contributed by atoms with E-state index in [1.54, 1.807) is 0 Å². The average Bonchev–Trinajstić information content (AvgIpc) is 3.81. The van der Waals surface area contributed by atoms with Gasteiger partial charge in [-0.15, -0.1) is 11.3 Å². The molecule has 7 aromatic carbocycles. The number of benzene rings is 7. The fourth-order valence-corrected chi connectivity index (χ4v) is 8.69. The predicted molar refractivity (Wildman–Crippen MR) is 205 cm³/mol. The summed E-state index contributed by atoms with van der Waals surface area (Å²) in [4.78, 5) is 2.40. The molecule has 0 fully saturated rings. The summed E-state index contributed by atoms with van der Waals surface area (Å²) in [6.45, 7) is 0.